The van der Waals surface area contributed by atoms with Gasteiger partial charge in [0.2, 0.25) is 5.91 Å². The van der Waals surface area contributed by atoms with Crippen LogP contribution in [0.1, 0.15) is 20.8 Å². The van der Waals surface area contributed by atoms with Crippen LogP contribution in [0.25, 0.3) is 11.4 Å². The average molecular weight is 429 g/mol. The van der Waals surface area contributed by atoms with Gasteiger partial charge in [-0.3, -0.25) is 4.79 Å². The van der Waals surface area contributed by atoms with Gasteiger partial charge in [0.25, 0.3) is 0 Å². The monoisotopic (exact) mass is 428 g/mol. The molecule has 158 valence electrons. The maximum Gasteiger partial charge on any atom is 0.234 e. The van der Waals surface area contributed by atoms with Crippen LogP contribution in [0.2, 0.25) is 0 Å². The first-order valence-electron chi connectivity index (χ1n) is 9.81. The lowest BCUT2D eigenvalue weighted by Gasteiger charge is -2.10. The van der Waals surface area contributed by atoms with Gasteiger partial charge in [-0.25, -0.2) is 4.39 Å². The Morgan fingerprint density at radius 1 is 1.17 bits per heavy atom. The number of ether oxygens (including phenoxy) is 1. The lowest BCUT2D eigenvalue weighted by atomic mass is 10.2. The summed E-state index contributed by atoms with van der Waals surface area (Å²) in [5.41, 5.74) is 1.09. The van der Waals surface area contributed by atoms with Crippen LogP contribution in [-0.2, 0) is 11.3 Å². The lowest BCUT2D eigenvalue weighted by Crippen LogP contribution is -2.15. The number of rotatable bonds is 9. The molecule has 1 N–H and O–H groups in total. The Labute approximate surface area is 179 Å². The van der Waals surface area contributed by atoms with Crippen molar-refractivity contribution in [3.05, 3.63) is 54.3 Å². The zero-order valence-electron chi connectivity index (χ0n) is 17.3. The smallest absolute Gasteiger partial charge is 0.234 e. The first-order chi connectivity index (χ1) is 14.5. The van der Waals surface area contributed by atoms with Crippen LogP contribution < -0.4 is 10.1 Å². The quantitative estimate of drug-likeness (QED) is 0.493. The van der Waals surface area contributed by atoms with E-state index in [-0.39, 0.29) is 17.3 Å². The molecule has 2 aromatic carbocycles. The molecular weight excluding hydrogens is 403 g/mol. The molecule has 0 aliphatic carbocycles. The summed E-state index contributed by atoms with van der Waals surface area (Å²) in [6.45, 7) is 7.53. The van der Waals surface area contributed by atoms with Crippen molar-refractivity contribution in [2.75, 3.05) is 17.7 Å². The predicted molar refractivity (Wildman–Crippen MR) is 117 cm³/mol. The molecule has 0 spiro atoms. The van der Waals surface area contributed by atoms with E-state index >= 15 is 0 Å². The fourth-order valence-electron chi connectivity index (χ4n) is 2.74. The third kappa shape index (κ3) is 5.60. The zero-order valence-corrected chi connectivity index (χ0v) is 18.1. The number of amides is 1. The molecule has 0 atom stereocenters. The summed E-state index contributed by atoms with van der Waals surface area (Å²) in [7, 11) is 0. The van der Waals surface area contributed by atoms with E-state index < -0.39 is 5.82 Å². The van der Waals surface area contributed by atoms with Gasteiger partial charge in [0.1, 0.15) is 11.6 Å². The van der Waals surface area contributed by atoms with Gasteiger partial charge in [-0.15, -0.1) is 10.2 Å². The van der Waals surface area contributed by atoms with E-state index in [4.69, 9.17) is 4.74 Å². The van der Waals surface area contributed by atoms with Gasteiger partial charge in [0.05, 0.1) is 18.0 Å². The molecule has 0 aliphatic rings. The van der Waals surface area contributed by atoms with Gasteiger partial charge < -0.3 is 14.6 Å². The number of hydrogen-bond donors (Lipinski definition) is 1. The van der Waals surface area contributed by atoms with E-state index in [1.54, 1.807) is 12.1 Å². The third-order valence-corrected chi connectivity index (χ3v) is 5.18. The van der Waals surface area contributed by atoms with Crippen molar-refractivity contribution < 1.29 is 13.9 Å². The van der Waals surface area contributed by atoms with Gasteiger partial charge in [-0.2, -0.15) is 0 Å². The van der Waals surface area contributed by atoms with Crippen LogP contribution in [0.4, 0.5) is 10.1 Å². The highest BCUT2D eigenvalue weighted by molar-refractivity contribution is 7.99. The molecule has 0 bridgehead atoms. The van der Waals surface area contributed by atoms with E-state index in [1.165, 1.54) is 23.9 Å². The van der Waals surface area contributed by atoms with Crippen LogP contribution in [0.15, 0.2) is 53.7 Å². The predicted octanol–water partition coefficient (Wildman–Crippen LogP) is 4.87. The molecule has 1 amide bonds. The largest absolute Gasteiger partial charge is 0.493 e. The van der Waals surface area contributed by atoms with Gasteiger partial charge in [0, 0.05) is 12.1 Å². The molecule has 0 radical (unpaired) electrons. The fourth-order valence-corrected chi connectivity index (χ4v) is 3.54. The summed E-state index contributed by atoms with van der Waals surface area (Å²) in [5, 5.41) is 11.7. The molecule has 3 aromatic rings. The van der Waals surface area contributed by atoms with Crippen molar-refractivity contribution >= 4 is 23.4 Å². The summed E-state index contributed by atoms with van der Waals surface area (Å²) in [6, 6.07) is 13.8. The van der Waals surface area contributed by atoms with Crippen molar-refractivity contribution in [2.45, 2.75) is 32.5 Å². The van der Waals surface area contributed by atoms with Gasteiger partial charge in [-0.1, -0.05) is 37.7 Å². The second-order valence-electron chi connectivity index (χ2n) is 7.10. The first kappa shape index (κ1) is 21.8. The van der Waals surface area contributed by atoms with E-state index in [0.29, 0.717) is 24.2 Å². The van der Waals surface area contributed by atoms with Crippen LogP contribution in [0, 0.1) is 11.7 Å². The summed E-state index contributed by atoms with van der Waals surface area (Å²) >= 11 is 1.26. The van der Waals surface area contributed by atoms with Crippen molar-refractivity contribution in [1.82, 2.24) is 14.8 Å². The molecule has 30 heavy (non-hydrogen) atoms. The summed E-state index contributed by atoms with van der Waals surface area (Å²) in [6.07, 6.45) is 0. The SMILES string of the molecule is CCn1c(SCC(=O)Nc2ccccc2F)nnc1-c1ccc(OCC(C)C)cc1. The van der Waals surface area contributed by atoms with Gasteiger partial charge >= 0.3 is 0 Å². The second-order valence-corrected chi connectivity index (χ2v) is 8.04. The molecule has 1 aromatic heterocycles. The number of carbonyl (C=O) groups is 1. The number of thioether (sulfide) groups is 1. The zero-order chi connectivity index (χ0) is 21.5. The van der Waals surface area contributed by atoms with Crippen molar-refractivity contribution in [3.8, 4) is 17.1 Å². The number of carbonyl (C=O) groups excluding carboxylic acids is 1. The molecular formula is C22H25FN4O2S. The minimum absolute atomic E-state index is 0.106. The van der Waals surface area contributed by atoms with Crippen LogP contribution in [0.3, 0.4) is 0 Å². The van der Waals surface area contributed by atoms with Crippen LogP contribution >= 0.6 is 11.8 Å². The van der Waals surface area contributed by atoms with E-state index in [9.17, 15) is 9.18 Å². The maximum absolute atomic E-state index is 13.7. The molecule has 0 unspecified atom stereocenters. The molecule has 6 nitrogen and oxygen atoms in total. The number of anilines is 1. The van der Waals surface area contributed by atoms with E-state index in [2.05, 4.69) is 29.4 Å². The number of nitrogens with zero attached hydrogens (tertiary/aromatic N) is 3. The topological polar surface area (TPSA) is 69.0 Å². The number of halogens is 1. The number of para-hydroxylation sites is 1. The van der Waals surface area contributed by atoms with Crippen molar-refractivity contribution in [3.63, 3.8) is 0 Å². The number of nitrogens with one attached hydrogen (secondary N) is 1. The molecule has 1 heterocycles. The molecule has 0 aliphatic heterocycles. The van der Waals surface area contributed by atoms with Gasteiger partial charge in [0.15, 0.2) is 11.0 Å². The fraction of sp³-hybridized carbons (Fsp3) is 0.318. The van der Waals surface area contributed by atoms with Crippen LogP contribution in [0.5, 0.6) is 5.75 Å². The van der Waals surface area contributed by atoms with E-state index in [1.807, 2.05) is 35.8 Å². The molecule has 0 saturated heterocycles. The van der Waals surface area contributed by atoms with E-state index in [0.717, 1.165) is 17.1 Å². The second kappa shape index (κ2) is 10.2. The molecule has 3 rings (SSSR count). The Morgan fingerprint density at radius 3 is 2.57 bits per heavy atom. The highest BCUT2D eigenvalue weighted by Crippen LogP contribution is 2.26. The average Bonchev–Trinajstić information content (AvgIpc) is 3.15. The normalized spacial score (nSPS) is 11.0. The number of hydrogen-bond acceptors (Lipinski definition) is 5. The Morgan fingerprint density at radius 2 is 1.90 bits per heavy atom. The molecule has 0 fully saturated rings. The Balaban J connectivity index is 1.65. The summed E-state index contributed by atoms with van der Waals surface area (Å²) < 4.78 is 21.4. The van der Waals surface area contributed by atoms with Gasteiger partial charge in [-0.05, 0) is 49.2 Å². The Hall–Kier alpha value is -2.87. The van der Waals surface area contributed by atoms with Crippen LogP contribution in [-0.4, -0.2) is 33.0 Å². The highest BCUT2D eigenvalue weighted by atomic mass is 32.2. The number of benzene rings is 2. The minimum atomic E-state index is -0.462. The Bertz CT molecular complexity index is 989. The standard InChI is InChI=1S/C22H25FN4O2S/c1-4-27-21(16-9-11-17(12-10-16)29-13-15(2)3)25-26-22(27)30-14-20(28)24-19-8-6-5-7-18(19)23/h5-12,15H,4,13-14H2,1-3H3,(H,24,28). The minimum Gasteiger partial charge on any atom is -0.493 e. The van der Waals surface area contributed by atoms with Crippen molar-refractivity contribution in [2.24, 2.45) is 5.92 Å². The third-order valence-electron chi connectivity index (χ3n) is 4.21. The first-order valence-corrected chi connectivity index (χ1v) is 10.8. The Kier molecular flexibility index (Phi) is 7.46. The highest BCUT2D eigenvalue weighted by Gasteiger charge is 2.15. The lowest BCUT2D eigenvalue weighted by molar-refractivity contribution is -0.113. The maximum atomic E-state index is 13.7. The molecule has 0 saturated carbocycles. The summed E-state index contributed by atoms with van der Waals surface area (Å²) in [5.74, 6) is 1.34. The summed E-state index contributed by atoms with van der Waals surface area (Å²) in [4.78, 5) is 12.2. The van der Waals surface area contributed by atoms with Crippen molar-refractivity contribution in [1.29, 1.82) is 0 Å². The molecule has 8 heteroatoms. The number of aromatic nitrogens is 3.